The van der Waals surface area contributed by atoms with Gasteiger partial charge < -0.3 is 10.0 Å². The standard InChI is InChI=1S/C10H8Cl2N4O3S3/c11-4-2-1-3-5(6(4)12)14-10(20)15-8-7(17)9(21-16-8)22(13,18)19/h1-3,9H,(H2,13,18,19)(H2,14,15,16,20). The second kappa shape index (κ2) is 6.69. The highest BCUT2D eigenvalue weighted by Gasteiger charge is 2.40. The maximum absolute atomic E-state index is 11.9. The van der Waals surface area contributed by atoms with Crippen molar-refractivity contribution in [1.82, 2.24) is 4.72 Å². The fourth-order valence-electron chi connectivity index (χ4n) is 1.46. The van der Waals surface area contributed by atoms with Crippen molar-refractivity contribution < 1.29 is 13.2 Å². The van der Waals surface area contributed by atoms with Gasteiger partial charge in [-0.15, -0.1) is 0 Å². The lowest BCUT2D eigenvalue weighted by atomic mass is 10.3. The second-order valence-corrected chi connectivity index (χ2v) is 8.03. The van der Waals surface area contributed by atoms with E-state index in [0.717, 1.165) is 0 Å². The number of rotatable bonds is 2. The number of anilines is 1. The zero-order chi connectivity index (χ0) is 16.5. The molecular weight excluding hydrogens is 391 g/mol. The largest absolute Gasteiger partial charge is 0.330 e. The summed E-state index contributed by atoms with van der Waals surface area (Å²) in [6.07, 6.45) is 0. The first-order valence-corrected chi connectivity index (χ1v) is 9.16. The molecule has 0 radical (unpaired) electrons. The third-order valence-electron chi connectivity index (χ3n) is 2.42. The van der Waals surface area contributed by atoms with E-state index in [9.17, 15) is 13.2 Å². The van der Waals surface area contributed by atoms with Crippen LogP contribution < -0.4 is 15.2 Å². The molecule has 1 aromatic rings. The number of thiocarbonyl (C=S) groups is 1. The van der Waals surface area contributed by atoms with Crippen molar-refractivity contribution in [2.45, 2.75) is 4.58 Å². The van der Waals surface area contributed by atoms with Gasteiger partial charge in [0.25, 0.3) is 0 Å². The minimum atomic E-state index is -4.02. The van der Waals surface area contributed by atoms with Gasteiger partial charge in [0.15, 0.2) is 10.9 Å². The first-order valence-electron chi connectivity index (χ1n) is 5.51. The molecule has 0 aromatic heterocycles. The molecule has 4 N–H and O–H groups in total. The van der Waals surface area contributed by atoms with E-state index >= 15 is 0 Å². The summed E-state index contributed by atoms with van der Waals surface area (Å²) in [7, 11) is -4.02. The minimum absolute atomic E-state index is 0.0873. The molecule has 0 aliphatic carbocycles. The highest BCUT2D eigenvalue weighted by Crippen LogP contribution is 2.29. The van der Waals surface area contributed by atoms with Crippen molar-refractivity contribution in [3.05, 3.63) is 28.2 Å². The molecule has 12 heteroatoms. The van der Waals surface area contributed by atoms with Crippen molar-refractivity contribution in [2.75, 3.05) is 5.32 Å². The maximum atomic E-state index is 11.9. The molecule has 0 saturated carbocycles. The quantitative estimate of drug-likeness (QED) is 0.510. The van der Waals surface area contributed by atoms with Crippen LogP contribution in [-0.2, 0) is 14.8 Å². The highest BCUT2D eigenvalue weighted by atomic mass is 35.5. The molecule has 1 aliphatic heterocycles. The summed E-state index contributed by atoms with van der Waals surface area (Å²) < 4.78 is 23.5. The number of carbonyl (C=O) groups is 1. The Morgan fingerprint density at radius 1 is 1.45 bits per heavy atom. The predicted octanol–water partition coefficient (Wildman–Crippen LogP) is 1.52. The number of halogens is 2. The van der Waals surface area contributed by atoms with Gasteiger partial charge >= 0.3 is 0 Å². The number of hydrogen-bond donors (Lipinski definition) is 3. The normalized spacial score (nSPS) is 20.0. The number of sulfonamides is 1. The molecule has 1 saturated heterocycles. The van der Waals surface area contributed by atoms with Crippen LogP contribution in [0.1, 0.15) is 0 Å². The third kappa shape index (κ3) is 3.89. The van der Waals surface area contributed by atoms with Crippen LogP contribution in [0.25, 0.3) is 0 Å². The number of carbonyl (C=O) groups excluding carboxylic acids is 1. The SMILES string of the molecule is NS(=O)(=O)C1SN/C(=N\C(=S)Nc2cccc(Cl)c2Cl)C1=O. The summed E-state index contributed by atoms with van der Waals surface area (Å²) in [5, 5.41) is 8.12. The van der Waals surface area contributed by atoms with E-state index in [-0.39, 0.29) is 16.0 Å². The molecule has 1 aromatic carbocycles. The first-order chi connectivity index (χ1) is 10.2. The molecule has 1 heterocycles. The van der Waals surface area contributed by atoms with Crippen LogP contribution in [0, 0.1) is 0 Å². The number of nitrogens with zero attached hydrogens (tertiary/aromatic N) is 1. The summed E-state index contributed by atoms with van der Waals surface area (Å²) in [6.45, 7) is 0. The Kier molecular flexibility index (Phi) is 5.30. The van der Waals surface area contributed by atoms with Gasteiger partial charge in [0.1, 0.15) is 0 Å². The summed E-state index contributed by atoms with van der Waals surface area (Å²) >= 11 is 17.5. The van der Waals surface area contributed by atoms with Crippen LogP contribution in [-0.4, -0.2) is 29.7 Å². The van der Waals surface area contributed by atoms with Crippen molar-refractivity contribution >= 4 is 79.8 Å². The summed E-state index contributed by atoms with van der Waals surface area (Å²) in [4.78, 5) is 15.7. The first kappa shape index (κ1) is 17.4. The van der Waals surface area contributed by atoms with E-state index in [2.05, 4.69) is 15.0 Å². The molecule has 118 valence electrons. The average molecular weight is 399 g/mol. The van der Waals surface area contributed by atoms with E-state index in [0.29, 0.717) is 22.7 Å². The van der Waals surface area contributed by atoms with Crippen molar-refractivity contribution in [3.63, 3.8) is 0 Å². The Morgan fingerprint density at radius 2 is 2.14 bits per heavy atom. The van der Waals surface area contributed by atoms with E-state index in [1.54, 1.807) is 18.2 Å². The monoisotopic (exact) mass is 398 g/mol. The van der Waals surface area contributed by atoms with E-state index in [1.807, 2.05) is 0 Å². The lowest BCUT2D eigenvalue weighted by Crippen LogP contribution is -2.33. The Morgan fingerprint density at radius 3 is 2.73 bits per heavy atom. The van der Waals surface area contributed by atoms with Crippen LogP contribution in [0.4, 0.5) is 5.69 Å². The molecule has 22 heavy (non-hydrogen) atoms. The third-order valence-corrected chi connectivity index (χ3v) is 6.07. The van der Waals surface area contributed by atoms with Gasteiger partial charge in [-0.1, -0.05) is 29.3 Å². The number of Topliss-reactive ketones (excluding diaryl/α,β-unsaturated/α-hetero) is 1. The summed E-state index contributed by atoms with van der Waals surface area (Å²) in [6, 6.07) is 4.87. The van der Waals surface area contributed by atoms with Gasteiger partial charge in [-0.2, -0.15) is 4.99 Å². The topological polar surface area (TPSA) is 114 Å². The lowest BCUT2D eigenvalue weighted by Gasteiger charge is -2.07. The maximum Gasteiger partial charge on any atom is 0.230 e. The smallest absolute Gasteiger partial charge is 0.230 e. The fraction of sp³-hybridized carbons (Fsp3) is 0.100. The molecule has 7 nitrogen and oxygen atoms in total. The predicted molar refractivity (Wildman–Crippen MR) is 92.7 cm³/mol. The number of ketones is 1. The van der Waals surface area contributed by atoms with Gasteiger partial charge in [-0.3, -0.25) is 4.79 Å². The molecule has 1 fully saturated rings. The molecule has 1 atom stereocenters. The van der Waals surface area contributed by atoms with Gasteiger partial charge in [0.2, 0.25) is 20.4 Å². The van der Waals surface area contributed by atoms with Crippen LogP contribution in [0.2, 0.25) is 10.0 Å². The van der Waals surface area contributed by atoms with Crippen molar-refractivity contribution in [3.8, 4) is 0 Å². The molecule has 1 unspecified atom stereocenters. The highest BCUT2D eigenvalue weighted by molar-refractivity contribution is 8.14. The minimum Gasteiger partial charge on any atom is -0.330 e. The molecule has 1 aliphatic rings. The average Bonchev–Trinajstić information content (AvgIpc) is 2.76. The molecular formula is C10H8Cl2N4O3S3. The number of hydrogen-bond acceptors (Lipinski definition) is 5. The van der Waals surface area contributed by atoms with Gasteiger partial charge in [0, 0.05) is 0 Å². The Balaban J connectivity index is 2.15. The van der Waals surface area contributed by atoms with Crippen LogP contribution in [0.5, 0.6) is 0 Å². The second-order valence-electron chi connectivity index (χ2n) is 4.00. The number of amidine groups is 1. The van der Waals surface area contributed by atoms with Crippen LogP contribution in [0.15, 0.2) is 23.2 Å². The molecule has 0 amide bonds. The van der Waals surface area contributed by atoms with Gasteiger partial charge in [-0.05, 0) is 36.3 Å². The Hall–Kier alpha value is -0.910. The number of benzene rings is 1. The molecule has 0 bridgehead atoms. The van der Waals surface area contributed by atoms with E-state index < -0.39 is 20.4 Å². The lowest BCUT2D eigenvalue weighted by molar-refractivity contribution is -0.111. The van der Waals surface area contributed by atoms with Gasteiger partial charge in [0.05, 0.1) is 15.7 Å². The number of nitrogens with two attached hydrogens (primary N) is 1. The molecule has 0 spiro atoms. The summed E-state index contributed by atoms with van der Waals surface area (Å²) in [5.41, 5.74) is 0.407. The van der Waals surface area contributed by atoms with E-state index in [4.69, 9.17) is 40.6 Å². The Labute approximate surface area is 145 Å². The zero-order valence-corrected chi connectivity index (χ0v) is 14.5. The van der Waals surface area contributed by atoms with Crippen molar-refractivity contribution in [1.29, 1.82) is 0 Å². The van der Waals surface area contributed by atoms with Gasteiger partial charge in [-0.25, -0.2) is 13.6 Å². The van der Waals surface area contributed by atoms with E-state index in [1.165, 1.54) is 0 Å². The molecule has 2 rings (SSSR count). The number of primary sulfonamides is 1. The Bertz CT molecular complexity index is 782. The van der Waals surface area contributed by atoms with Crippen LogP contribution in [0.3, 0.4) is 0 Å². The number of aliphatic imine (C=N–C) groups is 1. The van der Waals surface area contributed by atoms with Crippen LogP contribution >= 0.6 is 47.4 Å². The fourth-order valence-corrected chi connectivity index (χ4v) is 3.69. The number of nitrogens with one attached hydrogen (secondary N) is 2. The summed E-state index contributed by atoms with van der Waals surface area (Å²) in [5.74, 6) is -0.978. The zero-order valence-electron chi connectivity index (χ0n) is 10.5. The van der Waals surface area contributed by atoms with Crippen molar-refractivity contribution in [2.24, 2.45) is 10.1 Å².